The fourth-order valence-electron chi connectivity index (χ4n) is 6.75. The van der Waals surface area contributed by atoms with Gasteiger partial charge < -0.3 is 24.6 Å². The number of ether oxygens (including phenoxy) is 3. The molecule has 1 saturated heterocycles. The van der Waals surface area contributed by atoms with Crippen LogP contribution in [0.1, 0.15) is 79.0 Å². The van der Waals surface area contributed by atoms with E-state index in [1.807, 2.05) is 48.2 Å². The summed E-state index contributed by atoms with van der Waals surface area (Å²) < 4.78 is 17.2. The molecule has 0 aliphatic carbocycles. The van der Waals surface area contributed by atoms with E-state index in [1.165, 1.54) is 5.56 Å². The molecule has 2 aliphatic heterocycles. The van der Waals surface area contributed by atoms with Crippen LogP contribution in [0.2, 0.25) is 0 Å². The first-order chi connectivity index (χ1) is 21.2. The molecule has 3 atom stereocenters. The van der Waals surface area contributed by atoms with Gasteiger partial charge in [0.1, 0.15) is 5.75 Å². The van der Waals surface area contributed by atoms with Gasteiger partial charge >= 0.3 is 5.97 Å². The Morgan fingerprint density at radius 2 is 1.70 bits per heavy atom. The molecule has 3 aromatic rings. The van der Waals surface area contributed by atoms with E-state index < -0.39 is 17.9 Å². The van der Waals surface area contributed by atoms with E-state index in [9.17, 15) is 14.7 Å². The van der Waals surface area contributed by atoms with Crippen LogP contribution in [-0.4, -0.2) is 48.4 Å². The minimum atomic E-state index is -0.900. The lowest BCUT2D eigenvalue weighted by atomic mass is 9.81. The molecular weight excluding hydrogens is 556 g/mol. The van der Waals surface area contributed by atoms with Crippen LogP contribution < -0.4 is 19.5 Å². The lowest BCUT2D eigenvalue weighted by Crippen LogP contribution is -2.35. The Labute approximate surface area is 260 Å². The average molecular weight is 601 g/mol. The predicted molar refractivity (Wildman–Crippen MR) is 171 cm³/mol. The first-order valence-electron chi connectivity index (χ1n) is 15.8. The molecule has 1 fully saturated rings. The number of nitrogens with one attached hydrogen (secondary N) is 1. The van der Waals surface area contributed by atoms with Gasteiger partial charge in [-0.2, -0.15) is 0 Å². The fourth-order valence-corrected chi connectivity index (χ4v) is 6.75. The van der Waals surface area contributed by atoms with Gasteiger partial charge in [-0.25, -0.2) is 0 Å². The molecule has 3 aromatic carbocycles. The van der Waals surface area contributed by atoms with Crippen molar-refractivity contribution in [2.75, 3.05) is 31.8 Å². The third-order valence-corrected chi connectivity index (χ3v) is 8.92. The Morgan fingerprint density at radius 1 is 1.00 bits per heavy atom. The number of rotatable bonds is 12. The molecule has 0 aromatic heterocycles. The van der Waals surface area contributed by atoms with Gasteiger partial charge in [0.25, 0.3) is 0 Å². The van der Waals surface area contributed by atoms with Crippen molar-refractivity contribution >= 4 is 17.6 Å². The van der Waals surface area contributed by atoms with Crippen LogP contribution in [-0.2, 0) is 22.4 Å². The second-order valence-electron chi connectivity index (χ2n) is 11.8. The summed E-state index contributed by atoms with van der Waals surface area (Å²) in [6.45, 7) is 11.6. The van der Waals surface area contributed by atoms with Crippen LogP contribution in [0.5, 0.6) is 17.2 Å². The summed E-state index contributed by atoms with van der Waals surface area (Å²) in [5, 5.41) is 13.9. The number of hydrogen-bond donors (Lipinski definition) is 2. The summed E-state index contributed by atoms with van der Waals surface area (Å²) in [5.41, 5.74) is 6.86. The third-order valence-electron chi connectivity index (χ3n) is 8.92. The molecule has 2 N–H and O–H groups in total. The van der Waals surface area contributed by atoms with Crippen molar-refractivity contribution in [3.8, 4) is 17.2 Å². The summed E-state index contributed by atoms with van der Waals surface area (Å²) in [6.07, 6.45) is 3.61. The molecule has 44 heavy (non-hydrogen) atoms. The van der Waals surface area contributed by atoms with Crippen molar-refractivity contribution in [2.24, 2.45) is 5.92 Å². The topological polar surface area (TPSA) is 97.3 Å². The number of carboxylic acid groups (broad SMARTS) is 1. The van der Waals surface area contributed by atoms with E-state index in [2.05, 4.69) is 45.1 Å². The number of nitrogens with zero attached hydrogens (tertiary/aromatic N) is 1. The number of carboxylic acids is 1. The first kappa shape index (κ1) is 31.4. The maximum Gasteiger partial charge on any atom is 0.309 e. The minimum absolute atomic E-state index is 0.0590. The van der Waals surface area contributed by atoms with Gasteiger partial charge in [0.15, 0.2) is 11.5 Å². The van der Waals surface area contributed by atoms with E-state index in [0.29, 0.717) is 24.7 Å². The molecule has 0 unspecified atom stereocenters. The quantitative estimate of drug-likeness (QED) is 0.220. The molecule has 8 heteroatoms. The van der Waals surface area contributed by atoms with Crippen LogP contribution >= 0.6 is 0 Å². The van der Waals surface area contributed by atoms with Crippen LogP contribution in [0.25, 0.3) is 0 Å². The zero-order valence-corrected chi connectivity index (χ0v) is 26.4. The Balaban J connectivity index is 1.49. The molecule has 234 valence electrons. The number of fused-ring (bicyclic) bond motifs is 1. The maximum absolute atomic E-state index is 13.8. The lowest BCUT2D eigenvalue weighted by molar-refractivity contribution is -0.143. The highest BCUT2D eigenvalue weighted by Crippen LogP contribution is 2.49. The van der Waals surface area contributed by atoms with Gasteiger partial charge in [-0.1, -0.05) is 63.1 Å². The SMILES string of the molecule is CCCCOc1ccc([C@H]2[C@H](C(=O)O)[C@@H](c3ccc4c(c3C)OCO4)CN2CC(=O)Nc2c(CC)cc(C)cc2CC)cc1. The Bertz CT molecular complexity index is 1480. The number of aryl methyl sites for hydroxylation is 3. The highest BCUT2D eigenvalue weighted by molar-refractivity contribution is 5.94. The molecule has 8 nitrogen and oxygen atoms in total. The summed E-state index contributed by atoms with van der Waals surface area (Å²) in [6, 6.07) is 15.2. The minimum Gasteiger partial charge on any atom is -0.494 e. The smallest absolute Gasteiger partial charge is 0.309 e. The van der Waals surface area contributed by atoms with Crippen molar-refractivity contribution in [2.45, 2.75) is 72.3 Å². The van der Waals surface area contributed by atoms with Gasteiger partial charge in [0, 0.05) is 24.2 Å². The fraction of sp³-hybridized carbons (Fsp3) is 0.444. The van der Waals surface area contributed by atoms with Crippen LogP contribution in [0.15, 0.2) is 48.5 Å². The van der Waals surface area contributed by atoms with Crippen molar-refractivity contribution in [1.29, 1.82) is 0 Å². The first-order valence-corrected chi connectivity index (χ1v) is 15.8. The Morgan fingerprint density at radius 3 is 2.34 bits per heavy atom. The maximum atomic E-state index is 13.8. The van der Waals surface area contributed by atoms with Crippen LogP contribution in [0.4, 0.5) is 5.69 Å². The van der Waals surface area contributed by atoms with E-state index in [1.54, 1.807) is 0 Å². The van der Waals surface area contributed by atoms with E-state index in [-0.39, 0.29) is 25.2 Å². The van der Waals surface area contributed by atoms with Crippen molar-refractivity contribution in [3.05, 3.63) is 81.9 Å². The standard InChI is InChI=1S/C36H44N2O6/c1-6-9-16-42-27-12-10-26(11-13-27)34-32(36(40)41)29(28-14-15-30-35(23(28)5)44-21-43-30)19-38(34)20-31(39)37-33-24(7-2)17-22(4)18-25(33)8-3/h10-15,17-18,29,32,34H,6-9,16,19-21H2,1-5H3,(H,37,39)(H,40,41)/t29-,32-,34+/m1/s1. The average Bonchev–Trinajstić information content (AvgIpc) is 3.64. The summed E-state index contributed by atoms with van der Waals surface area (Å²) in [7, 11) is 0. The van der Waals surface area contributed by atoms with Crippen molar-refractivity contribution in [3.63, 3.8) is 0 Å². The number of aliphatic carboxylic acids is 1. The molecule has 1 amide bonds. The van der Waals surface area contributed by atoms with Crippen LogP contribution in [0.3, 0.4) is 0 Å². The Kier molecular flexibility index (Phi) is 9.79. The molecule has 0 bridgehead atoms. The molecule has 2 aliphatic rings. The molecule has 2 heterocycles. The predicted octanol–water partition coefficient (Wildman–Crippen LogP) is 6.82. The monoisotopic (exact) mass is 600 g/mol. The van der Waals surface area contributed by atoms with Crippen molar-refractivity contribution < 1.29 is 28.9 Å². The zero-order chi connectivity index (χ0) is 31.4. The van der Waals surface area contributed by atoms with Gasteiger partial charge in [-0.05, 0) is 79.1 Å². The lowest BCUT2D eigenvalue weighted by Gasteiger charge is -2.27. The van der Waals surface area contributed by atoms with Crippen molar-refractivity contribution in [1.82, 2.24) is 4.90 Å². The van der Waals surface area contributed by atoms with Gasteiger partial charge in [-0.3, -0.25) is 14.5 Å². The number of anilines is 1. The number of hydrogen-bond acceptors (Lipinski definition) is 6. The number of carbonyl (C=O) groups excluding carboxylic acids is 1. The summed E-state index contributed by atoms with van der Waals surface area (Å²) in [4.78, 5) is 28.8. The number of unbranched alkanes of at least 4 members (excludes halogenated alkanes) is 1. The van der Waals surface area contributed by atoms with Gasteiger partial charge in [-0.15, -0.1) is 0 Å². The second kappa shape index (κ2) is 13.7. The highest BCUT2D eigenvalue weighted by Gasteiger charge is 2.48. The van der Waals surface area contributed by atoms with Gasteiger partial charge in [0.2, 0.25) is 12.7 Å². The van der Waals surface area contributed by atoms with E-state index in [0.717, 1.165) is 64.9 Å². The largest absolute Gasteiger partial charge is 0.494 e. The number of benzene rings is 3. The molecule has 0 radical (unpaired) electrons. The Hall–Kier alpha value is -4.04. The highest BCUT2D eigenvalue weighted by atomic mass is 16.7. The van der Waals surface area contributed by atoms with Crippen LogP contribution in [0, 0.1) is 19.8 Å². The summed E-state index contributed by atoms with van der Waals surface area (Å²) >= 11 is 0. The second-order valence-corrected chi connectivity index (χ2v) is 11.8. The normalized spacial score (nSPS) is 19.2. The summed E-state index contributed by atoms with van der Waals surface area (Å²) in [5.74, 6) is -0.135. The van der Waals surface area contributed by atoms with E-state index in [4.69, 9.17) is 14.2 Å². The third kappa shape index (κ3) is 6.41. The zero-order valence-electron chi connectivity index (χ0n) is 26.4. The van der Waals surface area contributed by atoms with E-state index >= 15 is 0 Å². The molecule has 5 rings (SSSR count). The number of carbonyl (C=O) groups is 2. The molecular formula is C36H44N2O6. The molecule has 0 saturated carbocycles. The van der Waals surface area contributed by atoms with Gasteiger partial charge in [0.05, 0.1) is 19.1 Å². The number of amides is 1. The molecule has 0 spiro atoms. The number of likely N-dealkylation sites (tertiary alicyclic amines) is 1.